The maximum atomic E-state index is 11.5. The normalized spacial score (nSPS) is 15.7. The Bertz CT molecular complexity index is 303. The van der Waals surface area contributed by atoms with E-state index in [4.69, 9.17) is 5.11 Å². The second kappa shape index (κ2) is 7.99. The van der Waals surface area contributed by atoms with E-state index in [1.54, 1.807) is 0 Å². The summed E-state index contributed by atoms with van der Waals surface area (Å²) in [6, 6.07) is -0.339. The van der Waals surface area contributed by atoms with Crippen LogP contribution in [0.5, 0.6) is 0 Å². The zero-order valence-corrected chi connectivity index (χ0v) is 12.2. The Morgan fingerprint density at radius 2 is 1.79 bits per heavy atom. The van der Waals surface area contributed by atoms with E-state index in [0.717, 1.165) is 12.8 Å². The van der Waals surface area contributed by atoms with Gasteiger partial charge in [0.1, 0.15) is 0 Å². The molecule has 4 N–H and O–H groups in total. The molecular formula is C13H26N2O4. The van der Waals surface area contributed by atoms with E-state index in [1.807, 2.05) is 6.92 Å². The molecule has 2 amide bonds. The number of urea groups is 1. The number of amides is 2. The fourth-order valence-electron chi connectivity index (χ4n) is 1.59. The molecule has 0 aromatic heterocycles. The molecule has 0 spiro atoms. The van der Waals surface area contributed by atoms with E-state index in [2.05, 4.69) is 24.5 Å². The van der Waals surface area contributed by atoms with E-state index < -0.39 is 18.0 Å². The quantitative estimate of drug-likeness (QED) is 0.536. The van der Waals surface area contributed by atoms with Crippen molar-refractivity contribution in [3.63, 3.8) is 0 Å². The first-order valence-corrected chi connectivity index (χ1v) is 6.61. The van der Waals surface area contributed by atoms with Gasteiger partial charge in [0, 0.05) is 12.6 Å². The number of aliphatic carboxylic acids is 1. The van der Waals surface area contributed by atoms with Crippen LogP contribution in [-0.4, -0.2) is 40.4 Å². The number of hydrogen-bond acceptors (Lipinski definition) is 3. The van der Waals surface area contributed by atoms with E-state index in [9.17, 15) is 14.7 Å². The molecule has 0 fully saturated rings. The van der Waals surface area contributed by atoms with Crippen molar-refractivity contribution in [3.05, 3.63) is 0 Å². The summed E-state index contributed by atoms with van der Waals surface area (Å²) in [5.74, 6) is -0.513. The number of aliphatic hydroxyl groups is 1. The van der Waals surface area contributed by atoms with Crippen molar-refractivity contribution < 1.29 is 19.8 Å². The van der Waals surface area contributed by atoms with Crippen molar-refractivity contribution in [1.29, 1.82) is 0 Å². The van der Waals surface area contributed by atoms with E-state index in [-0.39, 0.29) is 18.6 Å². The van der Waals surface area contributed by atoms with Crippen molar-refractivity contribution in [2.24, 2.45) is 5.92 Å². The minimum absolute atomic E-state index is 0.0480. The van der Waals surface area contributed by atoms with Crippen molar-refractivity contribution >= 4 is 12.0 Å². The predicted molar refractivity (Wildman–Crippen MR) is 72.9 cm³/mol. The molecule has 2 atom stereocenters. The van der Waals surface area contributed by atoms with Crippen molar-refractivity contribution in [2.45, 2.75) is 58.6 Å². The molecule has 6 heteroatoms. The first-order valence-electron chi connectivity index (χ1n) is 6.61. The zero-order chi connectivity index (χ0) is 15.1. The first kappa shape index (κ1) is 17.7. The van der Waals surface area contributed by atoms with Crippen molar-refractivity contribution in [3.8, 4) is 0 Å². The maximum Gasteiger partial charge on any atom is 0.315 e. The van der Waals surface area contributed by atoms with Gasteiger partial charge < -0.3 is 20.8 Å². The molecule has 0 saturated carbocycles. The van der Waals surface area contributed by atoms with Gasteiger partial charge in [-0.2, -0.15) is 0 Å². The summed E-state index contributed by atoms with van der Waals surface area (Å²) in [5, 5.41) is 23.6. The fourth-order valence-corrected chi connectivity index (χ4v) is 1.59. The van der Waals surface area contributed by atoms with Crippen LogP contribution in [0.4, 0.5) is 4.79 Å². The molecule has 0 heterocycles. The van der Waals surface area contributed by atoms with Gasteiger partial charge in [0.2, 0.25) is 0 Å². The molecule has 0 aliphatic rings. The number of hydrogen-bond donors (Lipinski definition) is 4. The van der Waals surface area contributed by atoms with Crippen LogP contribution in [0.2, 0.25) is 0 Å². The fraction of sp³-hybridized carbons (Fsp3) is 0.846. The highest BCUT2D eigenvalue weighted by atomic mass is 16.4. The lowest BCUT2D eigenvalue weighted by atomic mass is 10.0. The summed E-state index contributed by atoms with van der Waals surface area (Å²) in [7, 11) is 0. The molecule has 0 aliphatic carbocycles. The number of carboxylic acids is 1. The third-order valence-corrected chi connectivity index (χ3v) is 2.72. The second-order valence-corrected chi connectivity index (χ2v) is 5.77. The topological polar surface area (TPSA) is 98.7 Å². The van der Waals surface area contributed by atoms with Gasteiger partial charge in [0.25, 0.3) is 0 Å². The molecule has 0 rings (SSSR count). The molecule has 0 saturated heterocycles. The zero-order valence-electron chi connectivity index (χ0n) is 12.2. The number of nitrogens with one attached hydrogen (secondary N) is 2. The third-order valence-electron chi connectivity index (χ3n) is 2.72. The molecule has 0 aromatic carbocycles. The smallest absolute Gasteiger partial charge is 0.315 e. The van der Waals surface area contributed by atoms with Crippen LogP contribution in [0.25, 0.3) is 0 Å². The molecule has 0 aromatic rings. The molecule has 2 unspecified atom stereocenters. The van der Waals surface area contributed by atoms with Crippen molar-refractivity contribution in [2.75, 3.05) is 6.54 Å². The molecule has 19 heavy (non-hydrogen) atoms. The van der Waals surface area contributed by atoms with Gasteiger partial charge in [-0.15, -0.1) is 0 Å². The summed E-state index contributed by atoms with van der Waals surface area (Å²) in [6.45, 7) is 7.44. The lowest BCUT2D eigenvalue weighted by molar-refractivity contribution is -0.141. The van der Waals surface area contributed by atoms with Gasteiger partial charge in [-0.3, -0.25) is 4.79 Å². The summed E-state index contributed by atoms with van der Waals surface area (Å²) >= 11 is 0. The number of rotatable bonds is 8. The van der Waals surface area contributed by atoms with E-state index in [1.165, 1.54) is 6.92 Å². The van der Waals surface area contributed by atoms with Crippen LogP contribution in [0, 0.1) is 5.92 Å². The lowest BCUT2D eigenvalue weighted by Crippen LogP contribution is -2.47. The predicted octanol–water partition coefficient (Wildman–Crippen LogP) is 1.34. The van der Waals surface area contributed by atoms with Crippen LogP contribution in [0.15, 0.2) is 0 Å². The van der Waals surface area contributed by atoms with Gasteiger partial charge in [-0.25, -0.2) is 4.79 Å². The SMILES string of the molecule is CC(C)CCC(C)NC(=O)NCC(C)(O)CC(=O)O. The Balaban J connectivity index is 3.95. The highest BCUT2D eigenvalue weighted by Crippen LogP contribution is 2.08. The number of carbonyl (C=O) groups is 2. The third kappa shape index (κ3) is 10.3. The summed E-state index contributed by atoms with van der Waals surface area (Å²) in [6.07, 6.45) is 1.50. The molecule has 0 aliphatic heterocycles. The number of carbonyl (C=O) groups excluding carboxylic acids is 1. The Morgan fingerprint density at radius 1 is 1.21 bits per heavy atom. The minimum atomic E-state index is -1.44. The van der Waals surface area contributed by atoms with Gasteiger partial charge in [0.05, 0.1) is 12.0 Å². The molecule has 0 bridgehead atoms. The standard InChI is InChI=1S/C13H26N2O4/c1-9(2)5-6-10(3)15-12(18)14-8-13(4,19)7-11(16)17/h9-10,19H,5-8H2,1-4H3,(H,16,17)(H2,14,15,18). The summed E-state index contributed by atoms with van der Waals surface area (Å²) in [4.78, 5) is 22.0. The van der Waals surface area contributed by atoms with Crippen LogP contribution in [0.3, 0.4) is 0 Å². The molecule has 6 nitrogen and oxygen atoms in total. The summed E-state index contributed by atoms with van der Waals surface area (Å²) in [5.41, 5.74) is -1.44. The molecular weight excluding hydrogens is 248 g/mol. The average Bonchev–Trinajstić information content (AvgIpc) is 2.22. The summed E-state index contributed by atoms with van der Waals surface area (Å²) < 4.78 is 0. The monoisotopic (exact) mass is 274 g/mol. The highest BCUT2D eigenvalue weighted by molar-refractivity contribution is 5.74. The highest BCUT2D eigenvalue weighted by Gasteiger charge is 2.24. The second-order valence-electron chi connectivity index (χ2n) is 5.77. The van der Waals surface area contributed by atoms with Crippen LogP contribution in [-0.2, 0) is 4.79 Å². The van der Waals surface area contributed by atoms with E-state index in [0.29, 0.717) is 5.92 Å². The maximum absolute atomic E-state index is 11.5. The lowest BCUT2D eigenvalue weighted by Gasteiger charge is -2.22. The molecule has 112 valence electrons. The van der Waals surface area contributed by atoms with Crippen LogP contribution >= 0.6 is 0 Å². The largest absolute Gasteiger partial charge is 0.481 e. The average molecular weight is 274 g/mol. The van der Waals surface area contributed by atoms with Crippen LogP contribution in [0.1, 0.15) is 47.0 Å². The molecule has 0 radical (unpaired) electrons. The number of carboxylic acid groups (broad SMARTS) is 1. The van der Waals surface area contributed by atoms with E-state index >= 15 is 0 Å². The Labute approximate surface area is 114 Å². The van der Waals surface area contributed by atoms with Crippen molar-refractivity contribution in [1.82, 2.24) is 10.6 Å². The van der Waals surface area contributed by atoms with Gasteiger partial charge in [0.15, 0.2) is 0 Å². The Kier molecular flexibility index (Phi) is 7.44. The Hall–Kier alpha value is -1.30. The first-order chi connectivity index (χ1) is 8.62. The van der Waals surface area contributed by atoms with Gasteiger partial charge >= 0.3 is 12.0 Å². The van der Waals surface area contributed by atoms with Gasteiger partial charge in [-0.1, -0.05) is 13.8 Å². The minimum Gasteiger partial charge on any atom is -0.481 e. The van der Waals surface area contributed by atoms with Crippen LogP contribution < -0.4 is 10.6 Å². The Morgan fingerprint density at radius 3 is 2.26 bits per heavy atom. The van der Waals surface area contributed by atoms with Gasteiger partial charge in [-0.05, 0) is 32.6 Å².